The van der Waals surface area contributed by atoms with Crippen molar-refractivity contribution < 1.29 is 0 Å². The van der Waals surface area contributed by atoms with Crippen molar-refractivity contribution in [3.63, 3.8) is 0 Å². The molecule has 0 radical (unpaired) electrons. The Balaban J connectivity index is 2.34. The van der Waals surface area contributed by atoms with E-state index in [4.69, 9.17) is 0 Å². The Morgan fingerprint density at radius 2 is 2.29 bits per heavy atom. The topological polar surface area (TPSA) is 15.3 Å². The zero-order valence-corrected chi connectivity index (χ0v) is 9.94. The van der Waals surface area contributed by atoms with Crippen LogP contribution >= 0.6 is 11.3 Å². The van der Waals surface area contributed by atoms with Crippen molar-refractivity contribution in [2.45, 2.75) is 19.9 Å². The van der Waals surface area contributed by atoms with Crippen LogP contribution in [0.3, 0.4) is 0 Å². The predicted octanol–water partition coefficient (Wildman–Crippen LogP) is 2.18. The lowest BCUT2D eigenvalue weighted by molar-refractivity contribution is 0.268. The number of hydrogen-bond donors (Lipinski definition) is 1. The van der Waals surface area contributed by atoms with Gasteiger partial charge in [-0.2, -0.15) is 11.3 Å². The third-order valence-electron chi connectivity index (χ3n) is 2.20. The lowest BCUT2D eigenvalue weighted by atomic mass is 10.3. The quantitative estimate of drug-likeness (QED) is 0.745. The van der Waals surface area contributed by atoms with Gasteiger partial charge in [0.15, 0.2) is 0 Å². The Labute approximate surface area is 90.9 Å². The molecule has 0 fully saturated rings. The van der Waals surface area contributed by atoms with Gasteiger partial charge in [0.25, 0.3) is 0 Å². The summed E-state index contributed by atoms with van der Waals surface area (Å²) in [6.07, 6.45) is 1.23. The number of thiophene rings is 1. The van der Waals surface area contributed by atoms with Gasteiger partial charge in [-0.15, -0.1) is 0 Å². The number of nitrogens with one attached hydrogen (secondary N) is 1. The Bertz CT molecular complexity index is 221. The van der Waals surface area contributed by atoms with Gasteiger partial charge in [-0.05, 0) is 42.4 Å². The first kappa shape index (κ1) is 11.7. The van der Waals surface area contributed by atoms with Gasteiger partial charge in [0, 0.05) is 19.6 Å². The van der Waals surface area contributed by atoms with Gasteiger partial charge in [0.2, 0.25) is 0 Å². The van der Waals surface area contributed by atoms with E-state index in [9.17, 15) is 0 Å². The van der Waals surface area contributed by atoms with Gasteiger partial charge in [0.05, 0.1) is 0 Å². The van der Waals surface area contributed by atoms with Crippen molar-refractivity contribution in [1.82, 2.24) is 10.2 Å². The number of hydrogen-bond acceptors (Lipinski definition) is 3. The highest BCUT2D eigenvalue weighted by Crippen LogP contribution is 2.09. The average molecular weight is 212 g/mol. The van der Waals surface area contributed by atoms with E-state index < -0.39 is 0 Å². The molecular weight excluding hydrogens is 192 g/mol. The van der Waals surface area contributed by atoms with Gasteiger partial charge in [-0.3, -0.25) is 4.90 Å². The summed E-state index contributed by atoms with van der Waals surface area (Å²) in [7, 11) is 2.01. The zero-order valence-electron chi connectivity index (χ0n) is 9.12. The lowest BCUT2D eigenvalue weighted by Gasteiger charge is -2.20. The van der Waals surface area contributed by atoms with E-state index in [-0.39, 0.29) is 0 Å². The molecule has 0 aromatic carbocycles. The minimum Gasteiger partial charge on any atom is -0.318 e. The van der Waals surface area contributed by atoms with Crippen molar-refractivity contribution >= 4 is 11.3 Å². The summed E-state index contributed by atoms with van der Waals surface area (Å²) in [5.41, 5.74) is 1.44. The van der Waals surface area contributed by atoms with Gasteiger partial charge >= 0.3 is 0 Å². The van der Waals surface area contributed by atoms with Crippen molar-refractivity contribution in [2.24, 2.45) is 0 Å². The summed E-state index contributed by atoms with van der Waals surface area (Å²) in [4.78, 5) is 2.50. The summed E-state index contributed by atoms with van der Waals surface area (Å²) in [6.45, 7) is 6.74. The van der Waals surface area contributed by atoms with E-state index in [0.717, 1.165) is 19.6 Å². The zero-order chi connectivity index (χ0) is 10.2. The molecule has 0 aliphatic carbocycles. The van der Waals surface area contributed by atoms with Crippen LogP contribution in [0.2, 0.25) is 0 Å². The summed E-state index contributed by atoms with van der Waals surface area (Å²) < 4.78 is 0. The molecule has 0 atom stereocenters. The standard InChI is InChI=1S/C11H20N2S/c1-3-6-13(7-5-12-2)9-11-4-8-14-10-11/h4,8,10,12H,3,5-7,9H2,1-2H3. The molecule has 1 rings (SSSR count). The van der Waals surface area contributed by atoms with Crippen LogP contribution < -0.4 is 5.32 Å². The Morgan fingerprint density at radius 3 is 2.86 bits per heavy atom. The number of rotatable bonds is 7. The molecule has 1 aromatic heterocycles. The molecule has 80 valence electrons. The SMILES string of the molecule is CCCN(CCNC)Cc1ccsc1. The molecule has 0 saturated heterocycles. The Morgan fingerprint density at radius 1 is 1.43 bits per heavy atom. The maximum absolute atomic E-state index is 3.20. The van der Waals surface area contributed by atoms with Crippen molar-refractivity contribution in [2.75, 3.05) is 26.7 Å². The molecule has 0 unspecified atom stereocenters. The monoisotopic (exact) mass is 212 g/mol. The highest BCUT2D eigenvalue weighted by atomic mass is 32.1. The molecule has 2 nitrogen and oxygen atoms in total. The largest absolute Gasteiger partial charge is 0.318 e. The lowest BCUT2D eigenvalue weighted by Crippen LogP contribution is -2.30. The van der Waals surface area contributed by atoms with E-state index >= 15 is 0 Å². The van der Waals surface area contributed by atoms with Crippen LogP contribution in [-0.2, 0) is 6.54 Å². The van der Waals surface area contributed by atoms with Crippen molar-refractivity contribution in [3.05, 3.63) is 22.4 Å². The third-order valence-corrected chi connectivity index (χ3v) is 2.94. The first-order valence-electron chi connectivity index (χ1n) is 5.24. The average Bonchev–Trinajstić information content (AvgIpc) is 2.67. The van der Waals surface area contributed by atoms with E-state index in [2.05, 4.69) is 34.0 Å². The van der Waals surface area contributed by atoms with Gasteiger partial charge in [0.1, 0.15) is 0 Å². The second-order valence-corrected chi connectivity index (χ2v) is 4.29. The maximum Gasteiger partial charge on any atom is 0.0242 e. The van der Waals surface area contributed by atoms with Crippen LogP contribution in [0.25, 0.3) is 0 Å². The van der Waals surface area contributed by atoms with Gasteiger partial charge in [-0.1, -0.05) is 6.92 Å². The molecule has 0 saturated carbocycles. The minimum atomic E-state index is 1.07. The molecule has 14 heavy (non-hydrogen) atoms. The maximum atomic E-state index is 3.20. The molecule has 1 heterocycles. The molecule has 0 bridgehead atoms. The molecule has 1 N–H and O–H groups in total. The summed E-state index contributed by atoms with van der Waals surface area (Å²) in [6, 6.07) is 2.21. The molecule has 0 spiro atoms. The summed E-state index contributed by atoms with van der Waals surface area (Å²) in [5.74, 6) is 0. The molecule has 0 amide bonds. The van der Waals surface area contributed by atoms with E-state index in [1.54, 1.807) is 11.3 Å². The summed E-state index contributed by atoms with van der Waals surface area (Å²) >= 11 is 1.78. The van der Waals surface area contributed by atoms with Crippen molar-refractivity contribution in [3.8, 4) is 0 Å². The molecule has 0 aliphatic rings. The van der Waals surface area contributed by atoms with Crippen LogP contribution in [0.4, 0.5) is 0 Å². The second-order valence-electron chi connectivity index (χ2n) is 3.51. The fraction of sp³-hybridized carbons (Fsp3) is 0.636. The van der Waals surface area contributed by atoms with Crippen LogP contribution in [0.1, 0.15) is 18.9 Å². The highest BCUT2D eigenvalue weighted by molar-refractivity contribution is 7.07. The van der Waals surface area contributed by atoms with Crippen LogP contribution in [0.5, 0.6) is 0 Å². The van der Waals surface area contributed by atoms with E-state index in [0.29, 0.717) is 0 Å². The first-order valence-corrected chi connectivity index (χ1v) is 6.19. The Hall–Kier alpha value is -0.380. The number of nitrogens with zero attached hydrogens (tertiary/aromatic N) is 1. The normalized spacial score (nSPS) is 11.1. The van der Waals surface area contributed by atoms with Crippen LogP contribution in [0, 0.1) is 0 Å². The van der Waals surface area contributed by atoms with Gasteiger partial charge < -0.3 is 5.32 Å². The molecular formula is C11H20N2S. The van der Waals surface area contributed by atoms with Crippen LogP contribution in [0.15, 0.2) is 16.8 Å². The van der Waals surface area contributed by atoms with E-state index in [1.807, 2.05) is 7.05 Å². The predicted molar refractivity (Wildman–Crippen MR) is 63.8 cm³/mol. The molecule has 0 aliphatic heterocycles. The second kappa shape index (κ2) is 6.98. The Kier molecular flexibility index (Phi) is 5.83. The fourth-order valence-corrected chi connectivity index (χ4v) is 2.16. The van der Waals surface area contributed by atoms with E-state index in [1.165, 1.54) is 18.5 Å². The van der Waals surface area contributed by atoms with Crippen molar-refractivity contribution in [1.29, 1.82) is 0 Å². The highest BCUT2D eigenvalue weighted by Gasteiger charge is 2.03. The fourth-order valence-electron chi connectivity index (χ4n) is 1.50. The van der Waals surface area contributed by atoms with Crippen LogP contribution in [-0.4, -0.2) is 31.6 Å². The first-order chi connectivity index (χ1) is 6.86. The third kappa shape index (κ3) is 4.22. The smallest absolute Gasteiger partial charge is 0.0242 e. The summed E-state index contributed by atoms with van der Waals surface area (Å²) in [5, 5.41) is 7.59. The molecule has 1 aromatic rings. The number of likely N-dealkylation sites (N-methyl/N-ethyl adjacent to an activating group) is 1. The molecule has 3 heteroatoms. The van der Waals surface area contributed by atoms with Gasteiger partial charge in [-0.25, -0.2) is 0 Å². The minimum absolute atomic E-state index is 1.07.